The first kappa shape index (κ1) is 18.5. The Morgan fingerprint density at radius 3 is 2.25 bits per heavy atom. The molecule has 142 valence electrons. The van der Waals surface area contributed by atoms with Crippen LogP contribution in [0.1, 0.15) is 46.9 Å². The lowest BCUT2D eigenvalue weighted by Crippen LogP contribution is -2.36. The predicted octanol–water partition coefficient (Wildman–Crippen LogP) is 5.23. The number of carbonyl (C=O) groups excluding carboxylic acids is 1. The molecule has 2 nitrogen and oxygen atoms in total. The second kappa shape index (κ2) is 8.43. The van der Waals surface area contributed by atoms with E-state index in [1.165, 1.54) is 22.3 Å². The van der Waals surface area contributed by atoms with Crippen molar-refractivity contribution < 1.29 is 4.79 Å². The van der Waals surface area contributed by atoms with E-state index in [9.17, 15) is 4.79 Å². The highest BCUT2D eigenvalue weighted by molar-refractivity contribution is 5.79. The zero-order valence-corrected chi connectivity index (χ0v) is 16.1. The predicted molar refractivity (Wildman–Crippen MR) is 114 cm³/mol. The Morgan fingerprint density at radius 2 is 1.54 bits per heavy atom. The van der Waals surface area contributed by atoms with Gasteiger partial charge >= 0.3 is 0 Å². The largest absolute Gasteiger partial charge is 0.369 e. The van der Waals surface area contributed by atoms with Crippen molar-refractivity contribution in [2.24, 2.45) is 11.7 Å². The summed E-state index contributed by atoms with van der Waals surface area (Å²) in [5.41, 5.74) is 11.2. The van der Waals surface area contributed by atoms with E-state index in [0.29, 0.717) is 0 Å². The maximum Gasteiger partial charge on any atom is 0.221 e. The van der Waals surface area contributed by atoms with Gasteiger partial charge in [0.25, 0.3) is 0 Å². The minimum absolute atomic E-state index is 0.0669. The highest BCUT2D eigenvalue weighted by Gasteiger charge is 2.37. The van der Waals surface area contributed by atoms with Gasteiger partial charge in [-0.1, -0.05) is 84.9 Å². The topological polar surface area (TPSA) is 43.1 Å². The summed E-state index contributed by atoms with van der Waals surface area (Å²) in [6, 6.07) is 29.4. The van der Waals surface area contributed by atoms with Gasteiger partial charge in [0.2, 0.25) is 5.91 Å². The standard InChI is InChI=1S/C26H27NO/c27-26(28)25(23-17-9-15-20-14-7-8-16-22(20)23)24(21-12-5-2-6-13-21)18-19-10-3-1-4-11-19/h1-8,10-14,16,23-25H,9,15,17-18H2,(H2,27,28). The van der Waals surface area contributed by atoms with Crippen molar-refractivity contribution in [3.05, 3.63) is 107 Å². The van der Waals surface area contributed by atoms with E-state index in [2.05, 4.69) is 72.8 Å². The normalized spacial score (nSPS) is 18.1. The number of amides is 1. The molecular formula is C26H27NO. The van der Waals surface area contributed by atoms with E-state index in [1.54, 1.807) is 0 Å². The van der Waals surface area contributed by atoms with Gasteiger partial charge in [-0.05, 0) is 53.9 Å². The summed E-state index contributed by atoms with van der Waals surface area (Å²) in [6.07, 6.45) is 4.03. The van der Waals surface area contributed by atoms with Crippen molar-refractivity contribution in [3.8, 4) is 0 Å². The Bertz CT molecular complexity index is 919. The summed E-state index contributed by atoms with van der Waals surface area (Å²) in [5, 5.41) is 0. The van der Waals surface area contributed by atoms with Crippen molar-refractivity contribution in [3.63, 3.8) is 0 Å². The molecule has 1 amide bonds. The minimum atomic E-state index is -0.218. The van der Waals surface area contributed by atoms with Crippen molar-refractivity contribution >= 4 is 5.91 Å². The van der Waals surface area contributed by atoms with E-state index in [-0.39, 0.29) is 23.7 Å². The highest BCUT2D eigenvalue weighted by Crippen LogP contribution is 2.44. The summed E-state index contributed by atoms with van der Waals surface area (Å²) < 4.78 is 0. The summed E-state index contributed by atoms with van der Waals surface area (Å²) >= 11 is 0. The van der Waals surface area contributed by atoms with Crippen LogP contribution in [0.25, 0.3) is 0 Å². The van der Waals surface area contributed by atoms with Crippen molar-refractivity contribution in [2.45, 2.75) is 37.5 Å². The van der Waals surface area contributed by atoms with Gasteiger partial charge in [-0.2, -0.15) is 0 Å². The third-order valence-electron chi connectivity index (χ3n) is 6.14. The number of nitrogens with two attached hydrogens (primary N) is 1. The summed E-state index contributed by atoms with van der Waals surface area (Å²) in [4.78, 5) is 12.8. The molecule has 3 atom stereocenters. The molecule has 0 spiro atoms. The molecule has 0 bridgehead atoms. The Labute approximate surface area is 167 Å². The van der Waals surface area contributed by atoms with Crippen LogP contribution in [-0.2, 0) is 17.6 Å². The van der Waals surface area contributed by atoms with Crippen molar-refractivity contribution in [1.29, 1.82) is 0 Å². The van der Waals surface area contributed by atoms with Gasteiger partial charge in [0.05, 0.1) is 5.92 Å². The first-order valence-corrected chi connectivity index (χ1v) is 10.2. The van der Waals surface area contributed by atoms with Gasteiger partial charge in [0.1, 0.15) is 0 Å². The zero-order valence-electron chi connectivity index (χ0n) is 16.1. The van der Waals surface area contributed by atoms with Gasteiger partial charge in [-0.15, -0.1) is 0 Å². The molecule has 0 aromatic heterocycles. The molecule has 0 fully saturated rings. The van der Waals surface area contributed by atoms with Crippen LogP contribution in [0.3, 0.4) is 0 Å². The number of hydrogen-bond acceptors (Lipinski definition) is 1. The molecular weight excluding hydrogens is 342 g/mol. The van der Waals surface area contributed by atoms with Crippen LogP contribution in [0.2, 0.25) is 0 Å². The second-order valence-corrected chi connectivity index (χ2v) is 7.83. The fraction of sp³-hybridized carbons (Fsp3) is 0.269. The minimum Gasteiger partial charge on any atom is -0.369 e. The third-order valence-corrected chi connectivity index (χ3v) is 6.14. The number of hydrogen-bond donors (Lipinski definition) is 1. The lowest BCUT2D eigenvalue weighted by atomic mass is 9.68. The lowest BCUT2D eigenvalue weighted by Gasteiger charge is -2.36. The van der Waals surface area contributed by atoms with Crippen molar-refractivity contribution in [2.75, 3.05) is 0 Å². The average molecular weight is 370 g/mol. The zero-order chi connectivity index (χ0) is 19.3. The molecule has 3 aromatic rings. The molecule has 0 radical (unpaired) electrons. The molecule has 4 rings (SSSR count). The van der Waals surface area contributed by atoms with E-state index in [1.807, 2.05) is 12.1 Å². The summed E-state index contributed by atoms with van der Waals surface area (Å²) in [7, 11) is 0. The Morgan fingerprint density at radius 1 is 0.893 bits per heavy atom. The highest BCUT2D eigenvalue weighted by atomic mass is 16.1. The molecule has 3 aromatic carbocycles. The van der Waals surface area contributed by atoms with Crippen LogP contribution in [0.15, 0.2) is 84.9 Å². The monoisotopic (exact) mass is 369 g/mol. The maximum absolute atomic E-state index is 12.8. The molecule has 2 N–H and O–H groups in total. The molecule has 28 heavy (non-hydrogen) atoms. The van der Waals surface area contributed by atoms with E-state index in [0.717, 1.165) is 25.7 Å². The number of rotatable bonds is 6. The Balaban J connectivity index is 1.77. The van der Waals surface area contributed by atoms with Crippen molar-refractivity contribution in [1.82, 2.24) is 0 Å². The van der Waals surface area contributed by atoms with E-state index in [4.69, 9.17) is 5.73 Å². The van der Waals surface area contributed by atoms with Crippen LogP contribution in [-0.4, -0.2) is 5.91 Å². The number of fused-ring (bicyclic) bond motifs is 1. The third kappa shape index (κ3) is 3.87. The van der Waals surface area contributed by atoms with Crippen LogP contribution in [0, 0.1) is 5.92 Å². The van der Waals surface area contributed by atoms with Gasteiger partial charge < -0.3 is 5.73 Å². The Kier molecular flexibility index (Phi) is 5.57. The quantitative estimate of drug-likeness (QED) is 0.635. The number of benzene rings is 3. The molecule has 2 heteroatoms. The summed E-state index contributed by atoms with van der Waals surface area (Å²) in [5.74, 6) is -0.163. The first-order chi connectivity index (χ1) is 13.7. The van der Waals surface area contributed by atoms with Gasteiger partial charge in [-0.25, -0.2) is 0 Å². The molecule has 0 saturated heterocycles. The first-order valence-electron chi connectivity index (χ1n) is 10.2. The second-order valence-electron chi connectivity index (χ2n) is 7.83. The van der Waals surface area contributed by atoms with Gasteiger partial charge in [-0.3, -0.25) is 4.79 Å². The molecule has 0 heterocycles. The van der Waals surface area contributed by atoms with E-state index >= 15 is 0 Å². The Hall–Kier alpha value is -2.87. The van der Waals surface area contributed by atoms with Crippen LogP contribution in [0.5, 0.6) is 0 Å². The fourth-order valence-corrected chi connectivity index (χ4v) is 4.86. The van der Waals surface area contributed by atoms with Gasteiger partial charge in [0.15, 0.2) is 0 Å². The number of aryl methyl sites for hydroxylation is 1. The average Bonchev–Trinajstić information content (AvgIpc) is 2.74. The molecule has 0 saturated carbocycles. The molecule has 3 unspecified atom stereocenters. The maximum atomic E-state index is 12.8. The molecule has 1 aliphatic carbocycles. The smallest absolute Gasteiger partial charge is 0.221 e. The van der Waals surface area contributed by atoms with E-state index < -0.39 is 0 Å². The van der Waals surface area contributed by atoms with Crippen LogP contribution in [0.4, 0.5) is 0 Å². The van der Waals surface area contributed by atoms with Crippen LogP contribution >= 0.6 is 0 Å². The number of carbonyl (C=O) groups is 1. The lowest BCUT2D eigenvalue weighted by molar-refractivity contribution is -0.123. The molecule has 0 aliphatic heterocycles. The van der Waals surface area contributed by atoms with Gasteiger partial charge in [0, 0.05) is 5.92 Å². The summed E-state index contributed by atoms with van der Waals surface area (Å²) in [6.45, 7) is 0. The fourth-order valence-electron chi connectivity index (χ4n) is 4.86. The SMILES string of the molecule is NC(=O)C(C(Cc1ccccc1)c1ccccc1)C1CCCc2ccccc21. The molecule has 1 aliphatic rings. The number of primary amides is 1. The van der Waals surface area contributed by atoms with Crippen LogP contribution < -0.4 is 5.73 Å².